The smallest absolute Gasteiger partial charge is 0.361 e. The molecule has 0 spiro atoms. The van der Waals surface area contributed by atoms with Crippen LogP contribution in [0.3, 0.4) is 0 Å². The second-order valence-electron chi connectivity index (χ2n) is 5.17. The number of hydrogen-bond donors (Lipinski definition) is 1. The van der Waals surface area contributed by atoms with Gasteiger partial charge in [0.25, 0.3) is 0 Å². The summed E-state index contributed by atoms with van der Waals surface area (Å²) in [6, 6.07) is 11.5. The maximum absolute atomic E-state index is 13.7. The Kier molecular flexibility index (Phi) is 4.74. The molecule has 0 atom stereocenters. The summed E-state index contributed by atoms with van der Waals surface area (Å²) in [5, 5.41) is 10.3. The fourth-order valence-corrected chi connectivity index (χ4v) is 2.51. The number of nitrogens with zero attached hydrogens (tertiary/aromatic N) is 2. The Morgan fingerprint density at radius 1 is 1.16 bits per heavy atom. The number of aromatic amines is 1. The van der Waals surface area contributed by atoms with Crippen molar-refractivity contribution in [3.05, 3.63) is 54.0 Å². The summed E-state index contributed by atoms with van der Waals surface area (Å²) in [6.07, 6.45) is 0. The molecule has 3 rings (SSSR count). The van der Waals surface area contributed by atoms with E-state index < -0.39 is 5.97 Å². The highest BCUT2D eigenvalue weighted by Gasteiger charge is 2.19. The SMILES string of the molecule is CCOC(=O)c1n[nH]nc1-c1cccc(-c2cc(F)ccc2OC)c1. The molecule has 0 amide bonds. The monoisotopic (exact) mass is 341 g/mol. The summed E-state index contributed by atoms with van der Waals surface area (Å²) >= 11 is 0. The molecule has 1 aromatic heterocycles. The van der Waals surface area contributed by atoms with E-state index in [-0.39, 0.29) is 18.1 Å². The van der Waals surface area contributed by atoms with Crippen molar-refractivity contribution in [2.24, 2.45) is 0 Å². The number of H-pyrrole nitrogens is 1. The van der Waals surface area contributed by atoms with Gasteiger partial charge in [-0.25, -0.2) is 9.18 Å². The minimum atomic E-state index is -0.556. The maximum Gasteiger partial charge on any atom is 0.361 e. The van der Waals surface area contributed by atoms with Crippen LogP contribution in [0.5, 0.6) is 5.75 Å². The number of halogens is 1. The molecule has 7 heteroatoms. The van der Waals surface area contributed by atoms with Gasteiger partial charge in [0.2, 0.25) is 0 Å². The van der Waals surface area contributed by atoms with Crippen molar-refractivity contribution < 1.29 is 18.7 Å². The van der Waals surface area contributed by atoms with Crippen LogP contribution < -0.4 is 4.74 Å². The third-order valence-corrected chi connectivity index (χ3v) is 3.63. The highest BCUT2D eigenvalue weighted by Crippen LogP contribution is 2.33. The molecule has 0 aliphatic carbocycles. The standard InChI is InChI=1S/C18H16FN3O3/c1-3-25-18(23)17-16(20-22-21-17)12-6-4-5-11(9-12)14-10-13(19)7-8-15(14)24-2/h4-10H,3H2,1-2H3,(H,20,21,22). The van der Waals surface area contributed by atoms with E-state index >= 15 is 0 Å². The number of carbonyl (C=O) groups excluding carboxylic acids is 1. The highest BCUT2D eigenvalue weighted by atomic mass is 19.1. The van der Waals surface area contributed by atoms with Crippen molar-refractivity contribution >= 4 is 5.97 Å². The van der Waals surface area contributed by atoms with Crippen LogP contribution in [-0.2, 0) is 4.74 Å². The lowest BCUT2D eigenvalue weighted by Crippen LogP contribution is -2.06. The Bertz CT molecular complexity index is 908. The molecule has 0 fully saturated rings. The second kappa shape index (κ2) is 7.12. The molecular formula is C18H16FN3O3. The molecule has 0 aliphatic rings. The lowest BCUT2D eigenvalue weighted by atomic mass is 10.00. The van der Waals surface area contributed by atoms with Gasteiger partial charge in [-0.2, -0.15) is 10.3 Å². The third kappa shape index (κ3) is 3.35. The Labute approximate surface area is 143 Å². The van der Waals surface area contributed by atoms with Crippen molar-refractivity contribution in [3.63, 3.8) is 0 Å². The molecule has 0 saturated heterocycles. The van der Waals surface area contributed by atoms with Crippen LogP contribution in [0.15, 0.2) is 42.5 Å². The van der Waals surface area contributed by atoms with E-state index in [1.54, 1.807) is 31.2 Å². The van der Waals surface area contributed by atoms with Gasteiger partial charge in [0.1, 0.15) is 17.3 Å². The van der Waals surface area contributed by atoms with Crippen LogP contribution in [0.1, 0.15) is 17.4 Å². The molecular weight excluding hydrogens is 325 g/mol. The molecule has 3 aromatic rings. The summed E-state index contributed by atoms with van der Waals surface area (Å²) in [5.41, 5.74) is 2.46. The molecule has 128 valence electrons. The van der Waals surface area contributed by atoms with Gasteiger partial charge >= 0.3 is 5.97 Å². The molecule has 25 heavy (non-hydrogen) atoms. The van der Waals surface area contributed by atoms with Gasteiger partial charge < -0.3 is 9.47 Å². The zero-order chi connectivity index (χ0) is 17.8. The molecule has 0 radical (unpaired) electrons. The summed E-state index contributed by atoms with van der Waals surface area (Å²) in [7, 11) is 1.52. The Hall–Kier alpha value is -3.22. The topological polar surface area (TPSA) is 77.1 Å². The molecule has 0 saturated carbocycles. The van der Waals surface area contributed by atoms with E-state index in [1.165, 1.54) is 19.2 Å². The first kappa shape index (κ1) is 16.6. The first-order valence-electron chi connectivity index (χ1n) is 7.66. The first-order valence-corrected chi connectivity index (χ1v) is 7.66. The lowest BCUT2D eigenvalue weighted by Gasteiger charge is -2.10. The number of rotatable bonds is 5. The van der Waals surface area contributed by atoms with Crippen molar-refractivity contribution in [1.82, 2.24) is 15.4 Å². The maximum atomic E-state index is 13.7. The molecule has 6 nitrogen and oxygen atoms in total. The number of benzene rings is 2. The molecule has 2 aromatic carbocycles. The van der Waals surface area contributed by atoms with Gasteiger partial charge in [0, 0.05) is 11.1 Å². The molecule has 1 N–H and O–H groups in total. The molecule has 0 unspecified atom stereocenters. The predicted molar refractivity (Wildman–Crippen MR) is 89.7 cm³/mol. The lowest BCUT2D eigenvalue weighted by molar-refractivity contribution is 0.0520. The Balaban J connectivity index is 2.06. The number of nitrogens with one attached hydrogen (secondary N) is 1. The Morgan fingerprint density at radius 2 is 1.96 bits per heavy atom. The van der Waals surface area contributed by atoms with Crippen molar-refractivity contribution in [2.75, 3.05) is 13.7 Å². The average molecular weight is 341 g/mol. The largest absolute Gasteiger partial charge is 0.496 e. The number of methoxy groups -OCH3 is 1. The number of esters is 1. The van der Waals surface area contributed by atoms with Crippen LogP contribution in [-0.4, -0.2) is 35.1 Å². The van der Waals surface area contributed by atoms with E-state index in [0.717, 1.165) is 5.56 Å². The molecule has 0 bridgehead atoms. The highest BCUT2D eigenvalue weighted by molar-refractivity contribution is 5.94. The van der Waals surface area contributed by atoms with Gasteiger partial charge in [-0.05, 0) is 36.8 Å². The van der Waals surface area contributed by atoms with Crippen molar-refractivity contribution in [1.29, 1.82) is 0 Å². The van der Waals surface area contributed by atoms with Crippen LogP contribution in [0, 0.1) is 5.82 Å². The van der Waals surface area contributed by atoms with E-state index in [4.69, 9.17) is 9.47 Å². The van der Waals surface area contributed by atoms with Gasteiger partial charge in [0.15, 0.2) is 5.69 Å². The number of carbonyl (C=O) groups is 1. The normalized spacial score (nSPS) is 10.5. The first-order chi connectivity index (χ1) is 12.1. The third-order valence-electron chi connectivity index (χ3n) is 3.63. The number of aromatic nitrogens is 3. The minimum Gasteiger partial charge on any atom is -0.496 e. The van der Waals surface area contributed by atoms with Crippen molar-refractivity contribution in [2.45, 2.75) is 6.92 Å². The quantitative estimate of drug-likeness (QED) is 0.719. The van der Waals surface area contributed by atoms with E-state index in [2.05, 4.69) is 15.4 Å². The van der Waals surface area contributed by atoms with Gasteiger partial charge in [0.05, 0.1) is 13.7 Å². The van der Waals surface area contributed by atoms with Gasteiger partial charge in [-0.15, -0.1) is 5.10 Å². The summed E-state index contributed by atoms with van der Waals surface area (Å²) in [6.45, 7) is 1.96. The average Bonchev–Trinajstić information content (AvgIpc) is 3.12. The Morgan fingerprint density at radius 3 is 2.72 bits per heavy atom. The van der Waals surface area contributed by atoms with E-state index in [1.807, 2.05) is 6.07 Å². The number of hydrogen-bond acceptors (Lipinski definition) is 5. The van der Waals surface area contributed by atoms with Gasteiger partial charge in [-0.1, -0.05) is 18.2 Å². The van der Waals surface area contributed by atoms with Crippen LogP contribution in [0.2, 0.25) is 0 Å². The summed E-state index contributed by atoms with van der Waals surface area (Å²) in [4.78, 5) is 12.0. The summed E-state index contributed by atoms with van der Waals surface area (Å²) < 4.78 is 23.9. The fourth-order valence-electron chi connectivity index (χ4n) is 2.51. The van der Waals surface area contributed by atoms with E-state index in [0.29, 0.717) is 22.6 Å². The summed E-state index contributed by atoms with van der Waals surface area (Å²) in [5.74, 6) is -0.376. The predicted octanol–water partition coefficient (Wildman–Crippen LogP) is 3.46. The molecule has 0 aliphatic heterocycles. The zero-order valence-corrected chi connectivity index (χ0v) is 13.7. The van der Waals surface area contributed by atoms with E-state index in [9.17, 15) is 9.18 Å². The molecule has 1 heterocycles. The second-order valence-corrected chi connectivity index (χ2v) is 5.17. The van der Waals surface area contributed by atoms with Crippen LogP contribution >= 0.6 is 0 Å². The minimum absolute atomic E-state index is 0.102. The fraction of sp³-hybridized carbons (Fsp3) is 0.167. The number of ether oxygens (including phenoxy) is 2. The zero-order valence-electron chi connectivity index (χ0n) is 13.7. The van der Waals surface area contributed by atoms with Gasteiger partial charge in [-0.3, -0.25) is 0 Å². The van der Waals surface area contributed by atoms with Crippen LogP contribution in [0.4, 0.5) is 4.39 Å². The van der Waals surface area contributed by atoms with Crippen LogP contribution in [0.25, 0.3) is 22.4 Å². The van der Waals surface area contributed by atoms with Crippen molar-refractivity contribution in [3.8, 4) is 28.1 Å².